The summed E-state index contributed by atoms with van der Waals surface area (Å²) in [5, 5.41) is 0. The van der Waals surface area contributed by atoms with Crippen LogP contribution in [-0.4, -0.2) is 5.78 Å². The molecule has 16 heavy (non-hydrogen) atoms. The van der Waals surface area contributed by atoms with Crippen LogP contribution in [0.15, 0.2) is 24.3 Å². The average Bonchev–Trinajstić information content (AvgIpc) is 2.24. The Labute approximate surface area is 91.3 Å². The van der Waals surface area contributed by atoms with Crippen LogP contribution in [0.5, 0.6) is 0 Å². The smallest absolute Gasteiger partial charge is 0.299 e. The first-order valence-corrected chi connectivity index (χ1v) is 5.09. The monoisotopic (exact) mass is 228 g/mol. The van der Waals surface area contributed by atoms with E-state index in [-0.39, 0.29) is 17.6 Å². The fourth-order valence-electron chi connectivity index (χ4n) is 2.00. The van der Waals surface area contributed by atoms with Crippen molar-refractivity contribution >= 4 is 5.78 Å². The molecule has 1 aliphatic rings. The van der Waals surface area contributed by atoms with Crippen molar-refractivity contribution in [1.29, 1.82) is 0 Å². The third-order valence-corrected chi connectivity index (χ3v) is 3.17. The van der Waals surface area contributed by atoms with Gasteiger partial charge >= 0.3 is 6.18 Å². The predicted octanol–water partition coefficient (Wildman–Crippen LogP) is 3.40. The average molecular weight is 228 g/mol. The van der Waals surface area contributed by atoms with Gasteiger partial charge in [0.1, 0.15) is 5.78 Å². The van der Waals surface area contributed by atoms with Crippen molar-refractivity contribution in [2.24, 2.45) is 5.92 Å². The van der Waals surface area contributed by atoms with Gasteiger partial charge < -0.3 is 0 Å². The lowest BCUT2D eigenvalue weighted by Crippen LogP contribution is -2.32. The molecule has 1 fully saturated rings. The van der Waals surface area contributed by atoms with E-state index >= 15 is 0 Å². The molecular weight excluding hydrogens is 217 g/mol. The summed E-state index contributed by atoms with van der Waals surface area (Å²) in [5.74, 6) is -0.0688. The molecule has 86 valence electrons. The minimum Gasteiger partial charge on any atom is -0.299 e. The highest BCUT2D eigenvalue weighted by Crippen LogP contribution is 2.40. The molecule has 1 aliphatic carbocycles. The van der Waals surface area contributed by atoms with Crippen molar-refractivity contribution in [3.05, 3.63) is 35.4 Å². The summed E-state index contributed by atoms with van der Waals surface area (Å²) in [6.45, 7) is 1.76. The van der Waals surface area contributed by atoms with E-state index in [9.17, 15) is 18.0 Å². The molecule has 0 N–H and O–H groups in total. The van der Waals surface area contributed by atoms with Crippen molar-refractivity contribution < 1.29 is 18.0 Å². The van der Waals surface area contributed by atoms with Crippen LogP contribution in [0.4, 0.5) is 13.2 Å². The van der Waals surface area contributed by atoms with E-state index in [0.717, 1.165) is 12.1 Å². The van der Waals surface area contributed by atoms with E-state index < -0.39 is 11.7 Å². The second kappa shape index (κ2) is 3.61. The number of carbonyl (C=O) groups is 1. The van der Waals surface area contributed by atoms with Gasteiger partial charge in [-0.3, -0.25) is 4.79 Å². The van der Waals surface area contributed by atoms with Crippen molar-refractivity contribution in [1.82, 2.24) is 0 Å². The molecule has 2 atom stereocenters. The van der Waals surface area contributed by atoms with Gasteiger partial charge in [-0.2, -0.15) is 13.2 Å². The van der Waals surface area contributed by atoms with Crippen LogP contribution < -0.4 is 0 Å². The Morgan fingerprint density at radius 1 is 1.31 bits per heavy atom. The maximum Gasteiger partial charge on any atom is 0.416 e. The second-order valence-corrected chi connectivity index (χ2v) is 4.19. The Morgan fingerprint density at radius 3 is 2.50 bits per heavy atom. The molecule has 1 aromatic carbocycles. The molecule has 0 spiro atoms. The lowest BCUT2D eigenvalue weighted by atomic mass is 9.70. The van der Waals surface area contributed by atoms with Crippen molar-refractivity contribution in [3.63, 3.8) is 0 Å². The SMILES string of the molecule is CC1C(=O)CC1c1cccc(C(F)(F)F)c1. The number of rotatable bonds is 1. The molecule has 4 heteroatoms. The molecule has 0 bridgehead atoms. The summed E-state index contributed by atoms with van der Waals surface area (Å²) in [6.07, 6.45) is -3.95. The zero-order chi connectivity index (χ0) is 11.9. The summed E-state index contributed by atoms with van der Waals surface area (Å²) >= 11 is 0. The van der Waals surface area contributed by atoms with E-state index in [2.05, 4.69) is 0 Å². The van der Waals surface area contributed by atoms with Crippen LogP contribution >= 0.6 is 0 Å². The van der Waals surface area contributed by atoms with Gasteiger partial charge in [0.15, 0.2) is 0 Å². The van der Waals surface area contributed by atoms with Gasteiger partial charge in [0.05, 0.1) is 5.56 Å². The molecule has 0 radical (unpaired) electrons. The van der Waals surface area contributed by atoms with Gasteiger partial charge in [0, 0.05) is 18.3 Å². The summed E-state index contributed by atoms with van der Waals surface area (Å²) in [6, 6.07) is 5.25. The van der Waals surface area contributed by atoms with Crippen LogP contribution in [0.25, 0.3) is 0 Å². The first-order chi connectivity index (χ1) is 7.39. The quantitative estimate of drug-likeness (QED) is 0.720. The summed E-state index contributed by atoms with van der Waals surface area (Å²) in [4.78, 5) is 11.1. The maximum atomic E-state index is 12.5. The number of benzene rings is 1. The standard InChI is InChI=1S/C12H11F3O/c1-7-10(6-11(7)16)8-3-2-4-9(5-8)12(13,14)15/h2-5,7,10H,6H2,1H3. The number of halogens is 3. The minimum atomic E-state index is -4.31. The van der Waals surface area contributed by atoms with Gasteiger partial charge in [-0.15, -0.1) is 0 Å². The Kier molecular flexibility index (Phi) is 2.52. The molecule has 0 aliphatic heterocycles. The Bertz CT molecular complexity index is 423. The first-order valence-electron chi connectivity index (χ1n) is 5.09. The summed E-state index contributed by atoms with van der Waals surface area (Å²) < 4.78 is 37.4. The molecule has 1 nitrogen and oxygen atoms in total. The molecule has 1 aromatic rings. The van der Waals surface area contributed by atoms with E-state index in [4.69, 9.17) is 0 Å². The first kappa shape index (κ1) is 11.2. The molecule has 2 rings (SSSR count). The van der Waals surface area contributed by atoms with Crippen LogP contribution in [0.3, 0.4) is 0 Å². The predicted molar refractivity (Wildman–Crippen MR) is 53.0 cm³/mol. The fraction of sp³-hybridized carbons (Fsp3) is 0.417. The van der Waals surface area contributed by atoms with Gasteiger partial charge in [0.25, 0.3) is 0 Å². The number of ketones is 1. The fourth-order valence-corrected chi connectivity index (χ4v) is 2.00. The molecule has 0 heterocycles. The van der Waals surface area contributed by atoms with Crippen molar-refractivity contribution in [3.8, 4) is 0 Å². The van der Waals surface area contributed by atoms with Gasteiger partial charge in [-0.25, -0.2) is 0 Å². The van der Waals surface area contributed by atoms with E-state index in [1.54, 1.807) is 13.0 Å². The molecule has 0 saturated heterocycles. The van der Waals surface area contributed by atoms with E-state index in [1.807, 2.05) is 0 Å². The highest BCUT2D eigenvalue weighted by atomic mass is 19.4. The van der Waals surface area contributed by atoms with Crippen molar-refractivity contribution in [2.45, 2.75) is 25.4 Å². The maximum absolute atomic E-state index is 12.5. The largest absolute Gasteiger partial charge is 0.416 e. The van der Waals surface area contributed by atoms with Gasteiger partial charge in [-0.1, -0.05) is 25.1 Å². The number of carbonyl (C=O) groups excluding carboxylic acids is 1. The molecular formula is C12H11F3O. The Morgan fingerprint density at radius 2 is 2.00 bits per heavy atom. The van der Waals surface area contributed by atoms with Crippen LogP contribution in [-0.2, 0) is 11.0 Å². The Balaban J connectivity index is 2.27. The lowest BCUT2D eigenvalue weighted by Gasteiger charge is -2.32. The molecule has 0 aromatic heterocycles. The summed E-state index contributed by atoms with van der Waals surface area (Å²) in [7, 11) is 0. The normalized spacial score (nSPS) is 25.4. The highest BCUT2D eigenvalue weighted by Gasteiger charge is 2.38. The zero-order valence-electron chi connectivity index (χ0n) is 8.71. The van der Waals surface area contributed by atoms with Gasteiger partial charge in [-0.05, 0) is 11.6 Å². The molecule has 2 unspecified atom stereocenters. The van der Waals surface area contributed by atoms with Crippen LogP contribution in [0.2, 0.25) is 0 Å². The topological polar surface area (TPSA) is 17.1 Å². The number of hydrogen-bond acceptors (Lipinski definition) is 1. The number of Topliss-reactive ketones (excluding diaryl/α,β-unsaturated/α-hetero) is 1. The van der Waals surface area contributed by atoms with Crippen LogP contribution in [0.1, 0.15) is 30.4 Å². The molecule has 1 saturated carbocycles. The minimum absolute atomic E-state index is 0.0465. The van der Waals surface area contributed by atoms with Crippen LogP contribution in [0, 0.1) is 5.92 Å². The second-order valence-electron chi connectivity index (χ2n) is 4.19. The third kappa shape index (κ3) is 1.84. The van der Waals surface area contributed by atoms with Gasteiger partial charge in [0.2, 0.25) is 0 Å². The highest BCUT2D eigenvalue weighted by molar-refractivity contribution is 5.88. The Hall–Kier alpha value is -1.32. The zero-order valence-corrected chi connectivity index (χ0v) is 8.71. The number of alkyl halides is 3. The van der Waals surface area contributed by atoms with E-state index in [1.165, 1.54) is 6.07 Å². The van der Waals surface area contributed by atoms with E-state index in [0.29, 0.717) is 12.0 Å². The lowest BCUT2D eigenvalue weighted by molar-refractivity contribution is -0.137. The third-order valence-electron chi connectivity index (χ3n) is 3.17. The molecule has 0 amide bonds. The van der Waals surface area contributed by atoms with Crippen molar-refractivity contribution in [2.75, 3.05) is 0 Å². The summed E-state index contributed by atoms with van der Waals surface area (Å²) in [5.41, 5.74) is -0.0292. The number of hydrogen-bond donors (Lipinski definition) is 0.